The fourth-order valence-electron chi connectivity index (χ4n) is 3.00. The largest absolute Gasteiger partial charge is 0.377 e. The first kappa shape index (κ1) is 14.3. The van der Waals surface area contributed by atoms with Gasteiger partial charge in [0.2, 0.25) is 0 Å². The van der Waals surface area contributed by atoms with E-state index in [2.05, 4.69) is 37.9 Å². The number of hydrogen-bond donors (Lipinski definition) is 0. The Morgan fingerprint density at radius 2 is 2.27 bits per heavy atom. The second-order valence-corrected chi connectivity index (χ2v) is 7.19. The number of thiophene rings is 1. The fourth-order valence-corrected chi connectivity index (χ4v) is 3.75. The van der Waals surface area contributed by atoms with Crippen molar-refractivity contribution >= 4 is 11.3 Å². The normalized spacial score (nSPS) is 21.8. The second kappa shape index (κ2) is 6.44. The summed E-state index contributed by atoms with van der Waals surface area (Å²) in [7, 11) is 0. The molecule has 2 aromatic heterocycles. The SMILES string of the molecule is c1csc(CN(Cc2nnnn2C2CC2)C[C@@H]2CCCO2)c1. The summed E-state index contributed by atoms with van der Waals surface area (Å²) in [5.74, 6) is 0.983. The molecule has 7 heteroatoms. The van der Waals surface area contributed by atoms with Crippen LogP contribution in [0.5, 0.6) is 0 Å². The first-order valence-electron chi connectivity index (χ1n) is 8.01. The molecule has 0 aromatic carbocycles. The van der Waals surface area contributed by atoms with Crippen LogP contribution in [0.15, 0.2) is 17.5 Å². The van der Waals surface area contributed by atoms with Crippen molar-refractivity contribution in [3.8, 4) is 0 Å². The Balaban J connectivity index is 1.46. The lowest BCUT2D eigenvalue weighted by Crippen LogP contribution is -2.32. The van der Waals surface area contributed by atoms with Crippen molar-refractivity contribution in [2.24, 2.45) is 0 Å². The lowest BCUT2D eigenvalue weighted by molar-refractivity contribution is 0.0668. The standard InChI is InChI=1S/C15H21N5OS/c1-3-13(21-7-1)9-19(10-14-4-2-8-22-14)11-15-16-17-18-20(15)12-5-6-12/h2,4,8,12-13H,1,3,5-7,9-11H2/t13-/m0/s1. The Bertz CT molecular complexity index is 589. The van der Waals surface area contributed by atoms with Crippen LogP contribution in [0.1, 0.15) is 42.4 Å². The molecule has 0 bridgehead atoms. The zero-order chi connectivity index (χ0) is 14.8. The molecule has 118 valence electrons. The molecule has 2 aliphatic rings. The molecule has 1 saturated heterocycles. The highest BCUT2D eigenvalue weighted by atomic mass is 32.1. The molecule has 0 amide bonds. The van der Waals surface area contributed by atoms with Crippen LogP contribution in [0, 0.1) is 0 Å². The number of rotatable bonds is 7. The second-order valence-electron chi connectivity index (χ2n) is 6.15. The molecule has 0 spiro atoms. The minimum Gasteiger partial charge on any atom is -0.377 e. The summed E-state index contributed by atoms with van der Waals surface area (Å²) in [6.07, 6.45) is 5.10. The summed E-state index contributed by atoms with van der Waals surface area (Å²) in [6.45, 7) is 3.59. The van der Waals surface area contributed by atoms with Gasteiger partial charge in [-0.1, -0.05) is 6.07 Å². The van der Waals surface area contributed by atoms with Gasteiger partial charge in [0, 0.05) is 24.6 Å². The van der Waals surface area contributed by atoms with Crippen LogP contribution >= 0.6 is 11.3 Å². The molecule has 1 atom stereocenters. The van der Waals surface area contributed by atoms with E-state index in [-0.39, 0.29) is 0 Å². The van der Waals surface area contributed by atoms with E-state index in [0.29, 0.717) is 12.1 Å². The van der Waals surface area contributed by atoms with Crippen molar-refractivity contribution in [2.75, 3.05) is 13.2 Å². The molecular weight excluding hydrogens is 298 g/mol. The number of hydrogen-bond acceptors (Lipinski definition) is 6. The van der Waals surface area contributed by atoms with E-state index < -0.39 is 0 Å². The number of nitrogens with zero attached hydrogens (tertiary/aromatic N) is 5. The third-order valence-electron chi connectivity index (χ3n) is 4.26. The first-order valence-corrected chi connectivity index (χ1v) is 8.89. The van der Waals surface area contributed by atoms with E-state index in [9.17, 15) is 0 Å². The number of aromatic nitrogens is 4. The summed E-state index contributed by atoms with van der Waals surface area (Å²) in [5, 5.41) is 14.4. The van der Waals surface area contributed by atoms with Crippen LogP contribution in [0.2, 0.25) is 0 Å². The van der Waals surface area contributed by atoms with Gasteiger partial charge in [0.25, 0.3) is 0 Å². The molecule has 0 radical (unpaired) electrons. The van der Waals surface area contributed by atoms with Crippen molar-refractivity contribution in [3.05, 3.63) is 28.2 Å². The van der Waals surface area contributed by atoms with Gasteiger partial charge in [-0.05, 0) is 47.6 Å². The topological polar surface area (TPSA) is 56.1 Å². The minimum absolute atomic E-state index is 0.352. The van der Waals surface area contributed by atoms with E-state index in [1.54, 1.807) is 11.3 Å². The Morgan fingerprint density at radius 3 is 3.00 bits per heavy atom. The van der Waals surface area contributed by atoms with E-state index in [4.69, 9.17) is 4.74 Å². The highest BCUT2D eigenvalue weighted by molar-refractivity contribution is 7.09. The van der Waals surface area contributed by atoms with Crippen LogP contribution in [0.4, 0.5) is 0 Å². The quantitative estimate of drug-likeness (QED) is 0.783. The van der Waals surface area contributed by atoms with Crippen molar-refractivity contribution in [2.45, 2.75) is 50.9 Å². The molecule has 4 rings (SSSR count). The summed E-state index contributed by atoms with van der Waals surface area (Å²) in [4.78, 5) is 3.80. The summed E-state index contributed by atoms with van der Waals surface area (Å²) in [5.41, 5.74) is 0. The van der Waals surface area contributed by atoms with Gasteiger partial charge >= 0.3 is 0 Å². The summed E-state index contributed by atoms with van der Waals surface area (Å²) < 4.78 is 7.83. The van der Waals surface area contributed by atoms with Gasteiger partial charge in [-0.25, -0.2) is 4.68 Å². The predicted molar refractivity (Wildman–Crippen MR) is 83.5 cm³/mol. The highest BCUT2D eigenvalue weighted by Crippen LogP contribution is 2.34. The van der Waals surface area contributed by atoms with Gasteiger partial charge in [-0.3, -0.25) is 4.90 Å². The van der Waals surface area contributed by atoms with Crippen molar-refractivity contribution in [1.29, 1.82) is 0 Å². The molecule has 2 aromatic rings. The minimum atomic E-state index is 0.352. The average molecular weight is 319 g/mol. The molecule has 2 fully saturated rings. The van der Waals surface area contributed by atoms with Crippen molar-refractivity contribution in [3.63, 3.8) is 0 Å². The van der Waals surface area contributed by atoms with Crippen LogP contribution in [-0.4, -0.2) is 44.4 Å². The number of ether oxygens (including phenoxy) is 1. The van der Waals surface area contributed by atoms with Crippen LogP contribution in [0.3, 0.4) is 0 Å². The van der Waals surface area contributed by atoms with Gasteiger partial charge in [0.1, 0.15) is 0 Å². The maximum absolute atomic E-state index is 5.82. The smallest absolute Gasteiger partial charge is 0.165 e. The Hall–Kier alpha value is -1.31. The zero-order valence-corrected chi connectivity index (χ0v) is 13.4. The molecule has 22 heavy (non-hydrogen) atoms. The van der Waals surface area contributed by atoms with Crippen LogP contribution < -0.4 is 0 Å². The van der Waals surface area contributed by atoms with Gasteiger partial charge in [0.15, 0.2) is 5.82 Å². The van der Waals surface area contributed by atoms with Crippen LogP contribution in [0.25, 0.3) is 0 Å². The molecular formula is C15H21N5OS. The van der Waals surface area contributed by atoms with Gasteiger partial charge in [-0.15, -0.1) is 16.4 Å². The van der Waals surface area contributed by atoms with E-state index in [0.717, 1.165) is 38.5 Å². The Morgan fingerprint density at radius 1 is 1.32 bits per heavy atom. The first-order chi connectivity index (χ1) is 10.9. The summed E-state index contributed by atoms with van der Waals surface area (Å²) in [6, 6.07) is 4.83. The lowest BCUT2D eigenvalue weighted by atomic mass is 10.2. The average Bonchev–Trinajstić information content (AvgIpc) is 2.97. The maximum atomic E-state index is 5.82. The van der Waals surface area contributed by atoms with E-state index >= 15 is 0 Å². The fraction of sp³-hybridized carbons (Fsp3) is 0.667. The van der Waals surface area contributed by atoms with Gasteiger partial charge in [-0.2, -0.15) is 0 Å². The van der Waals surface area contributed by atoms with Crippen molar-refractivity contribution in [1.82, 2.24) is 25.1 Å². The van der Waals surface area contributed by atoms with Gasteiger partial charge < -0.3 is 4.74 Å². The van der Waals surface area contributed by atoms with Crippen molar-refractivity contribution < 1.29 is 4.74 Å². The van der Waals surface area contributed by atoms with Crippen LogP contribution in [-0.2, 0) is 17.8 Å². The zero-order valence-electron chi connectivity index (χ0n) is 12.6. The molecule has 6 nitrogen and oxygen atoms in total. The highest BCUT2D eigenvalue weighted by Gasteiger charge is 2.29. The third kappa shape index (κ3) is 3.37. The molecule has 1 aliphatic carbocycles. The maximum Gasteiger partial charge on any atom is 0.165 e. The van der Waals surface area contributed by atoms with E-state index in [1.165, 1.54) is 24.1 Å². The third-order valence-corrected chi connectivity index (χ3v) is 5.13. The molecule has 1 saturated carbocycles. The molecule has 0 unspecified atom stereocenters. The molecule has 1 aliphatic heterocycles. The monoisotopic (exact) mass is 319 g/mol. The van der Waals surface area contributed by atoms with Gasteiger partial charge in [0.05, 0.1) is 18.7 Å². The number of tetrazole rings is 1. The Labute approximate surface area is 134 Å². The molecule has 0 N–H and O–H groups in total. The van der Waals surface area contributed by atoms with E-state index in [1.807, 2.05) is 4.68 Å². The Kier molecular flexibility index (Phi) is 4.18. The summed E-state index contributed by atoms with van der Waals surface area (Å²) >= 11 is 1.80. The predicted octanol–water partition coefficient (Wildman–Crippen LogP) is 2.25. The molecule has 3 heterocycles. The lowest BCUT2D eigenvalue weighted by Gasteiger charge is -2.24.